The van der Waals surface area contributed by atoms with Gasteiger partial charge in [-0.3, -0.25) is 0 Å². The van der Waals surface area contributed by atoms with E-state index >= 15 is 0 Å². The minimum atomic E-state index is -3.63. The van der Waals surface area contributed by atoms with Gasteiger partial charge in [0.1, 0.15) is 6.33 Å². The zero-order valence-electron chi connectivity index (χ0n) is 9.95. The third-order valence-corrected chi connectivity index (χ3v) is 3.66. The van der Waals surface area contributed by atoms with Crippen molar-refractivity contribution < 1.29 is 8.42 Å². The average Bonchev–Trinajstić information content (AvgIpc) is 2.81. The lowest BCUT2D eigenvalue weighted by Crippen LogP contribution is -2.14. The third kappa shape index (κ3) is 2.59. The fourth-order valence-corrected chi connectivity index (χ4v) is 2.33. The van der Waals surface area contributed by atoms with Crippen LogP contribution in [0.4, 0.5) is 11.6 Å². The van der Waals surface area contributed by atoms with E-state index in [-0.39, 0.29) is 10.8 Å². The van der Waals surface area contributed by atoms with Crippen LogP contribution < -0.4 is 9.62 Å². The van der Waals surface area contributed by atoms with E-state index < -0.39 is 10.0 Å². The topological polar surface area (TPSA) is 91.0 Å². The maximum atomic E-state index is 12.0. The van der Waals surface area contributed by atoms with Crippen molar-refractivity contribution in [1.82, 2.24) is 15.2 Å². The maximum Gasteiger partial charge on any atom is 0.264 e. The highest BCUT2D eigenvalue weighted by Crippen LogP contribution is 2.17. The van der Waals surface area contributed by atoms with Crippen molar-refractivity contribution >= 4 is 21.7 Å². The molecule has 0 unspecified atom stereocenters. The van der Waals surface area contributed by atoms with Gasteiger partial charge in [-0.1, -0.05) is 0 Å². The predicted octanol–water partition coefficient (Wildman–Crippen LogP) is 0.671. The largest absolute Gasteiger partial charge is 0.378 e. The molecule has 0 saturated carbocycles. The summed E-state index contributed by atoms with van der Waals surface area (Å²) >= 11 is 0. The SMILES string of the molecule is CN(C)c1ccc(S(=O)(=O)Nc2ncn[nH]2)cc1. The number of benzene rings is 1. The van der Waals surface area contributed by atoms with Gasteiger partial charge >= 0.3 is 0 Å². The average molecular weight is 267 g/mol. The Bertz CT molecular complexity index is 604. The first-order valence-corrected chi connectivity index (χ1v) is 6.63. The molecule has 96 valence electrons. The molecule has 0 atom stereocenters. The summed E-state index contributed by atoms with van der Waals surface area (Å²) in [5, 5.41) is 6.00. The Balaban J connectivity index is 2.25. The standard InChI is InChI=1S/C10H13N5O2S/c1-15(2)8-3-5-9(6-4-8)18(16,17)14-10-11-7-12-13-10/h3-7H,1-2H3,(H2,11,12,13,14). The molecule has 0 spiro atoms. The second-order valence-corrected chi connectivity index (χ2v) is 5.51. The normalized spacial score (nSPS) is 11.2. The van der Waals surface area contributed by atoms with Crippen molar-refractivity contribution in [3.8, 4) is 0 Å². The molecule has 2 aromatic rings. The van der Waals surface area contributed by atoms with E-state index in [0.717, 1.165) is 5.69 Å². The molecular formula is C10H13N5O2S. The fourth-order valence-electron chi connectivity index (χ4n) is 1.36. The van der Waals surface area contributed by atoms with Gasteiger partial charge in [-0.2, -0.15) is 10.1 Å². The fraction of sp³-hybridized carbons (Fsp3) is 0.200. The molecule has 0 aliphatic rings. The molecule has 18 heavy (non-hydrogen) atoms. The molecule has 0 fully saturated rings. The Morgan fingerprint density at radius 3 is 2.39 bits per heavy atom. The van der Waals surface area contributed by atoms with Gasteiger partial charge in [0.2, 0.25) is 5.95 Å². The summed E-state index contributed by atoms with van der Waals surface area (Å²) in [5.41, 5.74) is 0.925. The van der Waals surface area contributed by atoms with E-state index in [1.807, 2.05) is 19.0 Å². The Morgan fingerprint density at radius 1 is 1.22 bits per heavy atom. The Labute approximate surface area is 105 Å². The van der Waals surface area contributed by atoms with Crippen LogP contribution in [0, 0.1) is 0 Å². The molecule has 1 heterocycles. The second-order valence-electron chi connectivity index (χ2n) is 3.83. The van der Waals surface area contributed by atoms with Gasteiger partial charge in [0.05, 0.1) is 4.90 Å². The van der Waals surface area contributed by atoms with Crippen LogP contribution in [0.2, 0.25) is 0 Å². The smallest absolute Gasteiger partial charge is 0.264 e. The van der Waals surface area contributed by atoms with Crippen molar-refractivity contribution in [2.24, 2.45) is 0 Å². The number of sulfonamides is 1. The summed E-state index contributed by atoms with van der Waals surface area (Å²) in [6.07, 6.45) is 1.23. The van der Waals surface area contributed by atoms with Gasteiger partial charge in [0.25, 0.3) is 10.0 Å². The van der Waals surface area contributed by atoms with Crippen LogP contribution in [0.1, 0.15) is 0 Å². The summed E-state index contributed by atoms with van der Waals surface area (Å²) in [7, 11) is 0.142. The molecule has 2 rings (SSSR count). The monoisotopic (exact) mass is 267 g/mol. The molecular weight excluding hydrogens is 254 g/mol. The molecule has 0 bridgehead atoms. The highest BCUT2D eigenvalue weighted by molar-refractivity contribution is 7.92. The Kier molecular flexibility index (Phi) is 3.19. The maximum absolute atomic E-state index is 12.0. The summed E-state index contributed by atoms with van der Waals surface area (Å²) < 4.78 is 26.2. The first-order valence-electron chi connectivity index (χ1n) is 5.14. The van der Waals surface area contributed by atoms with Crippen LogP contribution >= 0.6 is 0 Å². The molecule has 0 aliphatic carbocycles. The highest BCUT2D eigenvalue weighted by Gasteiger charge is 2.15. The number of aromatic amines is 1. The zero-order chi connectivity index (χ0) is 13.2. The lowest BCUT2D eigenvalue weighted by atomic mass is 10.3. The minimum Gasteiger partial charge on any atom is -0.378 e. The zero-order valence-corrected chi connectivity index (χ0v) is 10.8. The lowest BCUT2D eigenvalue weighted by Gasteiger charge is -2.12. The quantitative estimate of drug-likeness (QED) is 0.849. The van der Waals surface area contributed by atoms with Crippen LogP contribution in [0.25, 0.3) is 0 Å². The molecule has 0 radical (unpaired) electrons. The van der Waals surface area contributed by atoms with Crippen LogP contribution in [0.15, 0.2) is 35.5 Å². The van der Waals surface area contributed by atoms with E-state index in [9.17, 15) is 8.42 Å². The second kappa shape index (κ2) is 4.65. The number of nitrogens with zero attached hydrogens (tertiary/aromatic N) is 3. The summed E-state index contributed by atoms with van der Waals surface area (Å²) in [5.74, 6) is 0.0895. The van der Waals surface area contributed by atoms with Crippen LogP contribution in [-0.4, -0.2) is 37.7 Å². The number of nitrogens with one attached hydrogen (secondary N) is 2. The minimum absolute atomic E-state index is 0.0895. The number of hydrogen-bond donors (Lipinski definition) is 2. The van der Waals surface area contributed by atoms with Crippen LogP contribution in [0.3, 0.4) is 0 Å². The van der Waals surface area contributed by atoms with Gasteiger partial charge in [-0.25, -0.2) is 18.2 Å². The predicted molar refractivity (Wildman–Crippen MR) is 68.0 cm³/mol. The van der Waals surface area contributed by atoms with E-state index in [2.05, 4.69) is 19.9 Å². The van der Waals surface area contributed by atoms with Gasteiger partial charge in [0, 0.05) is 19.8 Å². The van der Waals surface area contributed by atoms with Gasteiger partial charge < -0.3 is 4.90 Å². The van der Waals surface area contributed by atoms with Crippen molar-refractivity contribution in [1.29, 1.82) is 0 Å². The first kappa shape index (κ1) is 12.4. The van der Waals surface area contributed by atoms with Crippen LogP contribution in [0.5, 0.6) is 0 Å². The van der Waals surface area contributed by atoms with E-state index in [1.54, 1.807) is 12.1 Å². The van der Waals surface area contributed by atoms with Gasteiger partial charge in [0.15, 0.2) is 0 Å². The molecule has 1 aromatic heterocycles. The van der Waals surface area contributed by atoms with E-state index in [0.29, 0.717) is 0 Å². The van der Waals surface area contributed by atoms with E-state index in [4.69, 9.17) is 0 Å². The van der Waals surface area contributed by atoms with Crippen molar-refractivity contribution in [3.05, 3.63) is 30.6 Å². The molecule has 0 aliphatic heterocycles. The summed E-state index contributed by atoms with van der Waals surface area (Å²) in [6, 6.07) is 6.53. The van der Waals surface area contributed by atoms with Crippen molar-refractivity contribution in [3.63, 3.8) is 0 Å². The molecule has 1 aromatic carbocycles. The third-order valence-electron chi connectivity index (χ3n) is 2.31. The number of H-pyrrole nitrogens is 1. The Hall–Kier alpha value is -2.09. The Morgan fingerprint density at radius 2 is 1.89 bits per heavy atom. The van der Waals surface area contributed by atoms with E-state index in [1.165, 1.54) is 18.5 Å². The van der Waals surface area contributed by atoms with Crippen molar-refractivity contribution in [2.75, 3.05) is 23.7 Å². The van der Waals surface area contributed by atoms with Gasteiger partial charge in [-0.15, -0.1) is 0 Å². The van der Waals surface area contributed by atoms with Crippen LogP contribution in [-0.2, 0) is 10.0 Å². The lowest BCUT2D eigenvalue weighted by molar-refractivity contribution is 0.601. The summed E-state index contributed by atoms with van der Waals surface area (Å²) in [4.78, 5) is 5.77. The first-order chi connectivity index (χ1) is 8.49. The number of anilines is 2. The molecule has 7 nitrogen and oxygen atoms in total. The number of aromatic nitrogens is 3. The molecule has 8 heteroatoms. The highest BCUT2D eigenvalue weighted by atomic mass is 32.2. The molecule has 2 N–H and O–H groups in total. The number of rotatable bonds is 4. The molecule has 0 amide bonds. The number of hydrogen-bond acceptors (Lipinski definition) is 5. The summed E-state index contributed by atoms with van der Waals surface area (Å²) in [6.45, 7) is 0. The molecule has 0 saturated heterocycles. The van der Waals surface area contributed by atoms with Gasteiger partial charge in [-0.05, 0) is 24.3 Å². The van der Waals surface area contributed by atoms with Crippen molar-refractivity contribution in [2.45, 2.75) is 4.90 Å².